The first kappa shape index (κ1) is 18.6. The first-order chi connectivity index (χ1) is 13.2. The van der Waals surface area contributed by atoms with Gasteiger partial charge in [0.1, 0.15) is 11.9 Å². The first-order valence-corrected chi connectivity index (χ1v) is 8.53. The Bertz CT molecular complexity index is 897. The number of benzene rings is 3. The number of hydrogen-bond donors (Lipinski definition) is 1. The van der Waals surface area contributed by atoms with Gasteiger partial charge in [-0.05, 0) is 34.9 Å². The van der Waals surface area contributed by atoms with Crippen LogP contribution in [0.15, 0.2) is 84.9 Å². The average molecular weight is 360 g/mol. The fourth-order valence-electron chi connectivity index (χ4n) is 2.75. The molecule has 0 heterocycles. The van der Waals surface area contributed by atoms with Crippen molar-refractivity contribution in [3.63, 3.8) is 0 Å². The van der Waals surface area contributed by atoms with Gasteiger partial charge in [-0.2, -0.15) is 0 Å². The lowest BCUT2D eigenvalue weighted by atomic mass is 10.00. The van der Waals surface area contributed by atoms with Gasteiger partial charge >= 0.3 is 0 Å². The molecule has 4 heteroatoms. The maximum Gasteiger partial charge on any atom is 0.185 e. The molecule has 136 valence electrons. The Labute approximate surface area is 158 Å². The molecule has 3 aromatic carbocycles. The summed E-state index contributed by atoms with van der Waals surface area (Å²) >= 11 is 0. The molecule has 3 aromatic rings. The quantitative estimate of drug-likeness (QED) is 0.273. The van der Waals surface area contributed by atoms with Crippen molar-refractivity contribution in [2.24, 2.45) is 0 Å². The minimum absolute atomic E-state index is 0.0468. The summed E-state index contributed by atoms with van der Waals surface area (Å²) in [5.41, 5.74) is 3.14. The summed E-state index contributed by atoms with van der Waals surface area (Å²) in [5, 5.41) is 9.34. The van der Waals surface area contributed by atoms with Gasteiger partial charge in [0.05, 0.1) is 7.11 Å². The van der Waals surface area contributed by atoms with E-state index in [1.807, 2.05) is 66.7 Å². The molecule has 1 atom stereocenters. The highest BCUT2D eigenvalue weighted by atomic mass is 17.1. The summed E-state index contributed by atoms with van der Waals surface area (Å²) in [6.45, 7) is 0. The summed E-state index contributed by atoms with van der Waals surface area (Å²) in [5.74, 6) is 0.688. The van der Waals surface area contributed by atoms with Gasteiger partial charge in [0.15, 0.2) is 5.78 Å². The molecule has 1 unspecified atom stereocenters. The van der Waals surface area contributed by atoms with Crippen molar-refractivity contribution in [1.82, 2.24) is 0 Å². The van der Waals surface area contributed by atoms with E-state index >= 15 is 0 Å². The summed E-state index contributed by atoms with van der Waals surface area (Å²) < 4.78 is 5.14. The van der Waals surface area contributed by atoms with Crippen LogP contribution in [-0.4, -0.2) is 18.2 Å². The third kappa shape index (κ3) is 4.70. The Kier molecular flexibility index (Phi) is 6.15. The SMILES string of the molecule is COc1ccc(C(OO)c2ccc(/C=C/C(=O)c3ccccc3)cc2)cc1. The van der Waals surface area contributed by atoms with Gasteiger partial charge in [-0.25, -0.2) is 4.89 Å². The Morgan fingerprint density at radius 2 is 1.48 bits per heavy atom. The monoisotopic (exact) mass is 360 g/mol. The number of allylic oxidation sites excluding steroid dienone is 1. The van der Waals surface area contributed by atoms with Crippen molar-refractivity contribution < 1.29 is 19.7 Å². The Hall–Kier alpha value is -3.21. The number of carbonyl (C=O) groups is 1. The molecular weight excluding hydrogens is 340 g/mol. The third-order valence-corrected chi connectivity index (χ3v) is 4.25. The highest BCUT2D eigenvalue weighted by Crippen LogP contribution is 2.27. The van der Waals surface area contributed by atoms with Crippen LogP contribution in [0.3, 0.4) is 0 Å². The molecular formula is C23H20O4. The summed E-state index contributed by atoms with van der Waals surface area (Å²) in [6.07, 6.45) is 2.72. The first-order valence-electron chi connectivity index (χ1n) is 8.53. The van der Waals surface area contributed by atoms with Gasteiger partial charge in [0.2, 0.25) is 0 Å². The van der Waals surface area contributed by atoms with Crippen LogP contribution in [0.4, 0.5) is 0 Å². The van der Waals surface area contributed by atoms with Crippen molar-refractivity contribution >= 4 is 11.9 Å². The average Bonchev–Trinajstić information content (AvgIpc) is 2.74. The lowest BCUT2D eigenvalue weighted by Gasteiger charge is -2.15. The van der Waals surface area contributed by atoms with E-state index in [0.717, 1.165) is 22.4 Å². The topological polar surface area (TPSA) is 55.8 Å². The maximum absolute atomic E-state index is 12.1. The zero-order valence-corrected chi connectivity index (χ0v) is 14.9. The second-order valence-corrected chi connectivity index (χ2v) is 5.99. The predicted molar refractivity (Wildman–Crippen MR) is 105 cm³/mol. The van der Waals surface area contributed by atoms with Crippen LogP contribution < -0.4 is 4.74 Å². The van der Waals surface area contributed by atoms with E-state index in [0.29, 0.717) is 5.56 Å². The normalized spacial score (nSPS) is 12.1. The van der Waals surface area contributed by atoms with E-state index in [1.165, 1.54) is 0 Å². The zero-order valence-electron chi connectivity index (χ0n) is 14.9. The third-order valence-electron chi connectivity index (χ3n) is 4.25. The number of methoxy groups -OCH3 is 1. The second-order valence-electron chi connectivity index (χ2n) is 5.99. The van der Waals surface area contributed by atoms with Crippen molar-refractivity contribution in [2.45, 2.75) is 6.10 Å². The van der Waals surface area contributed by atoms with Gasteiger partial charge in [-0.15, -0.1) is 0 Å². The minimum Gasteiger partial charge on any atom is -0.497 e. The smallest absolute Gasteiger partial charge is 0.185 e. The standard InChI is InChI=1S/C23H20O4/c1-26-21-14-12-20(13-15-21)23(27-25)19-10-7-17(8-11-19)9-16-22(24)18-5-3-2-4-6-18/h2-16,23,25H,1H3/b16-9+. The van der Waals surface area contributed by atoms with Gasteiger partial charge in [0.25, 0.3) is 0 Å². The molecule has 0 saturated carbocycles. The van der Waals surface area contributed by atoms with E-state index in [9.17, 15) is 10.1 Å². The number of hydrogen-bond acceptors (Lipinski definition) is 4. The number of rotatable bonds is 7. The highest BCUT2D eigenvalue weighted by molar-refractivity contribution is 6.06. The molecule has 0 saturated heterocycles. The summed E-state index contributed by atoms with van der Waals surface area (Å²) in [7, 11) is 1.60. The molecule has 0 amide bonds. The second kappa shape index (κ2) is 8.94. The van der Waals surface area contributed by atoms with Gasteiger partial charge in [0, 0.05) is 5.56 Å². The van der Waals surface area contributed by atoms with E-state index in [-0.39, 0.29) is 5.78 Å². The van der Waals surface area contributed by atoms with Crippen molar-refractivity contribution in [3.8, 4) is 5.75 Å². The van der Waals surface area contributed by atoms with Crippen LogP contribution in [0.2, 0.25) is 0 Å². The van der Waals surface area contributed by atoms with E-state index < -0.39 is 6.10 Å². The van der Waals surface area contributed by atoms with Crippen LogP contribution in [0.5, 0.6) is 5.75 Å². The number of ether oxygens (including phenoxy) is 1. The molecule has 0 aromatic heterocycles. The van der Waals surface area contributed by atoms with E-state index in [1.54, 1.807) is 31.4 Å². The van der Waals surface area contributed by atoms with Gasteiger partial charge in [-0.1, -0.05) is 72.8 Å². The number of carbonyl (C=O) groups excluding carboxylic acids is 1. The lowest BCUT2D eigenvalue weighted by molar-refractivity contribution is -0.270. The minimum atomic E-state index is -0.597. The summed E-state index contributed by atoms with van der Waals surface area (Å²) in [6, 6.07) is 23.9. The fourth-order valence-corrected chi connectivity index (χ4v) is 2.75. The molecule has 4 nitrogen and oxygen atoms in total. The molecule has 0 spiro atoms. The molecule has 0 aliphatic carbocycles. The maximum atomic E-state index is 12.1. The van der Waals surface area contributed by atoms with Crippen LogP contribution in [0, 0.1) is 0 Å². The molecule has 0 aliphatic heterocycles. The van der Waals surface area contributed by atoms with E-state index in [2.05, 4.69) is 4.89 Å². The van der Waals surface area contributed by atoms with Crippen molar-refractivity contribution in [2.75, 3.05) is 7.11 Å². The van der Waals surface area contributed by atoms with Crippen molar-refractivity contribution in [3.05, 3.63) is 107 Å². The molecule has 0 fully saturated rings. The molecule has 27 heavy (non-hydrogen) atoms. The van der Waals surface area contributed by atoms with E-state index in [4.69, 9.17) is 4.74 Å². The number of ketones is 1. The van der Waals surface area contributed by atoms with Gasteiger partial charge in [-0.3, -0.25) is 10.1 Å². The molecule has 1 N–H and O–H groups in total. The van der Waals surface area contributed by atoms with Crippen molar-refractivity contribution in [1.29, 1.82) is 0 Å². The molecule has 0 aliphatic rings. The van der Waals surface area contributed by atoms with Crippen LogP contribution in [0.25, 0.3) is 6.08 Å². The lowest BCUT2D eigenvalue weighted by Crippen LogP contribution is -2.03. The van der Waals surface area contributed by atoms with Gasteiger partial charge < -0.3 is 4.74 Å². The van der Waals surface area contributed by atoms with Crippen LogP contribution in [0.1, 0.15) is 33.2 Å². The fraction of sp³-hybridized carbons (Fsp3) is 0.0870. The Morgan fingerprint density at radius 3 is 2.04 bits per heavy atom. The Balaban J connectivity index is 1.73. The van der Waals surface area contributed by atoms with Crippen LogP contribution >= 0.6 is 0 Å². The predicted octanol–water partition coefficient (Wildman–Crippen LogP) is 5.17. The highest BCUT2D eigenvalue weighted by Gasteiger charge is 2.15. The molecule has 0 radical (unpaired) electrons. The molecule has 0 bridgehead atoms. The largest absolute Gasteiger partial charge is 0.497 e. The van der Waals surface area contributed by atoms with Crippen LogP contribution in [-0.2, 0) is 4.89 Å². The zero-order chi connectivity index (χ0) is 19.1. The molecule has 3 rings (SSSR count). The summed E-state index contributed by atoms with van der Waals surface area (Å²) in [4.78, 5) is 16.8. The Morgan fingerprint density at radius 1 is 0.889 bits per heavy atom.